The summed E-state index contributed by atoms with van der Waals surface area (Å²) in [5.41, 5.74) is 2.51. The lowest BCUT2D eigenvalue weighted by atomic mass is 10.1. The first-order valence-corrected chi connectivity index (χ1v) is 8.48. The molecule has 3 nitrogen and oxygen atoms in total. The normalized spacial score (nSPS) is 16.7. The van der Waals surface area contributed by atoms with Gasteiger partial charge in [0.2, 0.25) is 0 Å². The van der Waals surface area contributed by atoms with E-state index in [9.17, 15) is 0 Å². The van der Waals surface area contributed by atoms with Gasteiger partial charge in [-0.2, -0.15) is 0 Å². The highest BCUT2D eigenvalue weighted by molar-refractivity contribution is 7.10. The summed E-state index contributed by atoms with van der Waals surface area (Å²) in [7, 11) is 0. The maximum absolute atomic E-state index is 5.46. The second-order valence-electron chi connectivity index (χ2n) is 5.24. The zero-order valence-electron chi connectivity index (χ0n) is 12.4. The number of para-hydroxylation sites is 2. The molecule has 1 saturated heterocycles. The van der Waals surface area contributed by atoms with Crippen molar-refractivity contribution in [1.82, 2.24) is 0 Å². The van der Waals surface area contributed by atoms with Crippen LogP contribution in [0.3, 0.4) is 0 Å². The molecule has 1 aliphatic heterocycles. The fourth-order valence-electron chi connectivity index (χ4n) is 2.73. The van der Waals surface area contributed by atoms with Crippen molar-refractivity contribution in [2.24, 2.45) is 0 Å². The molecule has 0 saturated carbocycles. The second kappa shape index (κ2) is 6.96. The minimum atomic E-state index is 0.382. The van der Waals surface area contributed by atoms with Crippen LogP contribution in [0, 0.1) is 0 Å². The van der Waals surface area contributed by atoms with E-state index >= 15 is 0 Å². The first-order valence-electron chi connectivity index (χ1n) is 7.60. The summed E-state index contributed by atoms with van der Waals surface area (Å²) in [5, 5.41) is 5.87. The predicted octanol–water partition coefficient (Wildman–Crippen LogP) is 4.15. The molecule has 21 heavy (non-hydrogen) atoms. The van der Waals surface area contributed by atoms with Gasteiger partial charge in [-0.05, 0) is 30.0 Å². The van der Waals surface area contributed by atoms with Gasteiger partial charge in [0, 0.05) is 18.0 Å². The van der Waals surface area contributed by atoms with E-state index in [2.05, 4.69) is 58.9 Å². The van der Waals surface area contributed by atoms with E-state index in [4.69, 9.17) is 4.74 Å². The van der Waals surface area contributed by atoms with Gasteiger partial charge < -0.3 is 15.0 Å². The Hall–Kier alpha value is -1.52. The maximum Gasteiger partial charge on any atom is 0.0642 e. The molecule has 1 unspecified atom stereocenters. The summed E-state index contributed by atoms with van der Waals surface area (Å²) in [4.78, 5) is 3.81. The molecule has 1 atom stereocenters. The van der Waals surface area contributed by atoms with Crippen molar-refractivity contribution in [2.75, 3.05) is 36.5 Å². The minimum Gasteiger partial charge on any atom is -0.378 e. The Morgan fingerprint density at radius 3 is 2.71 bits per heavy atom. The van der Waals surface area contributed by atoms with Crippen molar-refractivity contribution in [3.05, 3.63) is 46.7 Å². The van der Waals surface area contributed by atoms with Crippen LogP contribution in [-0.2, 0) is 4.74 Å². The van der Waals surface area contributed by atoms with Gasteiger partial charge in [-0.1, -0.05) is 25.1 Å². The fraction of sp³-hybridized carbons (Fsp3) is 0.412. The number of rotatable bonds is 5. The average molecular weight is 302 g/mol. The quantitative estimate of drug-likeness (QED) is 0.898. The number of benzene rings is 1. The number of anilines is 2. The van der Waals surface area contributed by atoms with Crippen molar-refractivity contribution in [3.8, 4) is 0 Å². The van der Waals surface area contributed by atoms with Crippen LogP contribution in [0.4, 0.5) is 11.4 Å². The van der Waals surface area contributed by atoms with Crippen LogP contribution in [0.1, 0.15) is 24.3 Å². The highest BCUT2D eigenvalue weighted by atomic mass is 32.1. The highest BCUT2D eigenvalue weighted by Gasteiger charge is 2.17. The van der Waals surface area contributed by atoms with Crippen LogP contribution in [0.25, 0.3) is 0 Å². The summed E-state index contributed by atoms with van der Waals surface area (Å²) >= 11 is 1.82. The molecule has 0 radical (unpaired) electrons. The van der Waals surface area contributed by atoms with Crippen molar-refractivity contribution >= 4 is 22.7 Å². The third-order valence-electron chi connectivity index (χ3n) is 3.88. The van der Waals surface area contributed by atoms with Crippen LogP contribution in [0.5, 0.6) is 0 Å². The summed E-state index contributed by atoms with van der Waals surface area (Å²) < 4.78 is 5.46. The molecule has 1 aromatic heterocycles. The molecule has 112 valence electrons. The highest BCUT2D eigenvalue weighted by Crippen LogP contribution is 2.32. The predicted molar refractivity (Wildman–Crippen MR) is 90.4 cm³/mol. The minimum absolute atomic E-state index is 0.382. The third-order valence-corrected chi connectivity index (χ3v) is 4.87. The summed E-state index contributed by atoms with van der Waals surface area (Å²) in [6.07, 6.45) is 1.08. The molecule has 2 heterocycles. The molecule has 2 aromatic rings. The Morgan fingerprint density at radius 1 is 1.19 bits per heavy atom. The molecule has 0 aliphatic carbocycles. The molecule has 1 fully saturated rings. The van der Waals surface area contributed by atoms with Gasteiger partial charge >= 0.3 is 0 Å². The first kappa shape index (κ1) is 14.4. The molecule has 1 aromatic carbocycles. The molecular weight excluding hydrogens is 280 g/mol. The lowest BCUT2D eigenvalue weighted by Gasteiger charge is -2.31. The molecule has 1 aliphatic rings. The molecule has 1 N–H and O–H groups in total. The Morgan fingerprint density at radius 2 is 2.00 bits per heavy atom. The zero-order valence-corrected chi connectivity index (χ0v) is 13.2. The third kappa shape index (κ3) is 3.39. The summed E-state index contributed by atoms with van der Waals surface area (Å²) in [6, 6.07) is 13.3. The Labute approximate surface area is 130 Å². The van der Waals surface area contributed by atoms with E-state index in [1.807, 2.05) is 11.3 Å². The average Bonchev–Trinajstić information content (AvgIpc) is 3.08. The molecule has 3 rings (SSSR count). The number of nitrogens with one attached hydrogen (secondary N) is 1. The van der Waals surface area contributed by atoms with Crippen LogP contribution in [0.15, 0.2) is 41.8 Å². The molecule has 0 amide bonds. The summed E-state index contributed by atoms with van der Waals surface area (Å²) in [5.74, 6) is 0. The van der Waals surface area contributed by atoms with Crippen LogP contribution in [0.2, 0.25) is 0 Å². The van der Waals surface area contributed by atoms with Crippen molar-refractivity contribution in [1.29, 1.82) is 0 Å². The van der Waals surface area contributed by atoms with E-state index in [1.54, 1.807) is 0 Å². The van der Waals surface area contributed by atoms with E-state index in [1.165, 1.54) is 16.3 Å². The van der Waals surface area contributed by atoms with Gasteiger partial charge in [0.05, 0.1) is 30.6 Å². The van der Waals surface area contributed by atoms with E-state index in [0.29, 0.717) is 6.04 Å². The van der Waals surface area contributed by atoms with E-state index in [0.717, 1.165) is 32.7 Å². The van der Waals surface area contributed by atoms with Gasteiger partial charge in [-0.15, -0.1) is 11.3 Å². The fourth-order valence-corrected chi connectivity index (χ4v) is 3.59. The maximum atomic E-state index is 5.46. The number of morpholine rings is 1. The lowest BCUT2D eigenvalue weighted by Crippen LogP contribution is -2.36. The van der Waals surface area contributed by atoms with Crippen LogP contribution < -0.4 is 10.2 Å². The van der Waals surface area contributed by atoms with Gasteiger partial charge in [0.25, 0.3) is 0 Å². The second-order valence-corrected chi connectivity index (χ2v) is 6.22. The smallest absolute Gasteiger partial charge is 0.0642 e. The SMILES string of the molecule is CCC(Nc1ccccc1N1CCOCC1)c1cccs1. The largest absolute Gasteiger partial charge is 0.378 e. The van der Waals surface area contributed by atoms with Crippen LogP contribution >= 0.6 is 11.3 Å². The molecule has 4 heteroatoms. The standard InChI is InChI=1S/C17H22N2OS/c1-2-14(17-8-5-13-21-17)18-15-6-3-4-7-16(15)19-9-11-20-12-10-19/h3-8,13-14,18H,2,9-12H2,1H3. The first-order chi connectivity index (χ1) is 10.4. The van der Waals surface area contributed by atoms with E-state index in [-0.39, 0.29) is 0 Å². The van der Waals surface area contributed by atoms with E-state index < -0.39 is 0 Å². The van der Waals surface area contributed by atoms with Crippen LogP contribution in [-0.4, -0.2) is 26.3 Å². The van der Waals surface area contributed by atoms with Crippen molar-refractivity contribution in [2.45, 2.75) is 19.4 Å². The van der Waals surface area contributed by atoms with Crippen molar-refractivity contribution < 1.29 is 4.74 Å². The van der Waals surface area contributed by atoms with Gasteiger partial charge in [0.15, 0.2) is 0 Å². The zero-order chi connectivity index (χ0) is 14.5. The number of nitrogens with zero attached hydrogens (tertiary/aromatic N) is 1. The van der Waals surface area contributed by atoms with Gasteiger partial charge in [-0.3, -0.25) is 0 Å². The van der Waals surface area contributed by atoms with Crippen molar-refractivity contribution in [3.63, 3.8) is 0 Å². The monoisotopic (exact) mass is 302 g/mol. The number of hydrogen-bond acceptors (Lipinski definition) is 4. The number of thiophene rings is 1. The number of ether oxygens (including phenoxy) is 1. The van der Waals surface area contributed by atoms with Gasteiger partial charge in [-0.25, -0.2) is 0 Å². The summed E-state index contributed by atoms with van der Waals surface area (Å²) in [6.45, 7) is 5.80. The lowest BCUT2D eigenvalue weighted by molar-refractivity contribution is 0.123. The molecule has 0 bridgehead atoms. The topological polar surface area (TPSA) is 24.5 Å². The molecule has 0 spiro atoms. The van der Waals surface area contributed by atoms with Gasteiger partial charge in [0.1, 0.15) is 0 Å². The Balaban J connectivity index is 1.81. The number of hydrogen-bond donors (Lipinski definition) is 1. The Bertz CT molecular complexity index is 550. The Kier molecular flexibility index (Phi) is 4.78. The molecular formula is C17H22N2OS.